The van der Waals surface area contributed by atoms with Gasteiger partial charge in [0.15, 0.2) is 22.9 Å². The van der Waals surface area contributed by atoms with Crippen LogP contribution in [0.2, 0.25) is 39.3 Å². The minimum Gasteiger partial charge on any atom is -0.458 e. The summed E-state index contributed by atoms with van der Waals surface area (Å²) in [5, 5.41) is 0. The van der Waals surface area contributed by atoms with Crippen molar-refractivity contribution in [2.45, 2.75) is 46.2 Å². The summed E-state index contributed by atoms with van der Waals surface area (Å²) in [6, 6.07) is 0. The molecule has 0 aromatic rings. The molecule has 0 bridgehead atoms. The van der Waals surface area contributed by atoms with Crippen LogP contribution >= 0.6 is 0 Å². The topological polar surface area (TPSA) is 65.0 Å². The molecule has 0 atom stereocenters. The molecule has 0 aliphatic heterocycles. The molecule has 0 amide bonds. The van der Waals surface area contributed by atoms with Crippen molar-refractivity contribution in [2.75, 3.05) is 6.23 Å². The van der Waals surface area contributed by atoms with Crippen LogP contribution in [-0.2, 0) is 17.8 Å². The molecule has 0 fully saturated rings. The Morgan fingerprint density at radius 1 is 1.05 bits per heavy atom. The molecule has 0 spiro atoms. The van der Waals surface area contributed by atoms with Gasteiger partial charge in [0, 0.05) is 6.08 Å². The lowest BCUT2D eigenvalue weighted by Gasteiger charge is -2.35. The predicted octanol–water partition coefficient (Wildman–Crippen LogP) is 2.28. The first-order valence-corrected chi connectivity index (χ1v) is 15.1. The van der Waals surface area contributed by atoms with Crippen molar-refractivity contribution < 1.29 is 22.6 Å². The van der Waals surface area contributed by atoms with Crippen molar-refractivity contribution >= 4 is 31.4 Å². The van der Waals surface area contributed by atoms with Crippen LogP contribution in [0.15, 0.2) is 12.2 Å². The van der Waals surface area contributed by atoms with Crippen molar-refractivity contribution in [1.29, 1.82) is 0 Å². The van der Waals surface area contributed by atoms with Crippen LogP contribution in [0.4, 0.5) is 0 Å². The zero-order valence-electron chi connectivity index (χ0n) is 12.9. The van der Waals surface area contributed by atoms with E-state index in [0.29, 0.717) is 0 Å². The van der Waals surface area contributed by atoms with Crippen LogP contribution in [0.25, 0.3) is 0 Å². The fraction of sp³-hybridized carbons (Fsp3) is 0.727. The largest absolute Gasteiger partial charge is 0.517 e. The zero-order valence-corrected chi connectivity index (χ0v) is 15.9. The molecule has 0 heterocycles. The first-order valence-electron chi connectivity index (χ1n) is 6.29. The summed E-state index contributed by atoms with van der Waals surface area (Å²) in [5.41, 5.74) is 0. The monoisotopic (exact) mass is 322 g/mol. The van der Waals surface area contributed by atoms with E-state index in [9.17, 15) is 9.59 Å². The first-order chi connectivity index (χ1) is 8.37. The lowest BCUT2D eigenvalue weighted by molar-refractivity contribution is -0.137. The molecule has 0 aromatic carbocycles. The van der Waals surface area contributed by atoms with E-state index >= 15 is 0 Å². The van der Waals surface area contributed by atoms with Crippen molar-refractivity contribution in [3.05, 3.63) is 12.2 Å². The van der Waals surface area contributed by atoms with Crippen LogP contribution < -0.4 is 0 Å². The lowest BCUT2D eigenvalue weighted by atomic mass is 10.5. The van der Waals surface area contributed by atoms with E-state index in [1.54, 1.807) is 13.0 Å². The van der Waals surface area contributed by atoms with E-state index in [1.165, 1.54) is 6.08 Å². The third kappa shape index (κ3) is 10.2. The molecule has 0 radical (unpaired) electrons. The van der Waals surface area contributed by atoms with Gasteiger partial charge in [0.05, 0.1) is 0 Å². The molecular formula is C11H26O5Si3. The Kier molecular flexibility index (Phi) is 6.86. The first kappa shape index (κ1) is 18.7. The molecule has 5 nitrogen and oxygen atoms in total. The molecule has 0 saturated heterocycles. The summed E-state index contributed by atoms with van der Waals surface area (Å²) in [4.78, 5) is 21.9. The van der Waals surface area contributed by atoms with Crippen LogP contribution in [0, 0.1) is 0 Å². The quantitative estimate of drug-likeness (QED) is 0.442. The third-order valence-corrected chi connectivity index (χ3v) is 9.59. The highest BCUT2D eigenvalue weighted by Gasteiger charge is 2.46. The second-order valence-electron chi connectivity index (χ2n) is 6.25. The van der Waals surface area contributed by atoms with E-state index in [1.807, 2.05) is 39.3 Å². The number of esters is 1. The van der Waals surface area contributed by atoms with Crippen LogP contribution in [0.1, 0.15) is 6.92 Å². The van der Waals surface area contributed by atoms with Gasteiger partial charge in [-0.25, -0.2) is 4.79 Å². The van der Waals surface area contributed by atoms with Gasteiger partial charge >= 0.3 is 14.8 Å². The van der Waals surface area contributed by atoms with Gasteiger partial charge in [0.2, 0.25) is 0 Å². The Hall–Kier alpha value is -0.259. The number of rotatable bonds is 7. The van der Waals surface area contributed by atoms with Crippen molar-refractivity contribution in [3.8, 4) is 0 Å². The Morgan fingerprint density at radius 3 is 1.79 bits per heavy atom. The van der Waals surface area contributed by atoms with Gasteiger partial charge in [-0.05, 0) is 46.2 Å². The van der Waals surface area contributed by atoms with Crippen LogP contribution in [-0.4, -0.2) is 42.4 Å². The summed E-state index contributed by atoms with van der Waals surface area (Å²) in [6.07, 6.45) is 2.70. The maximum absolute atomic E-state index is 11.3. The smallest absolute Gasteiger partial charge is 0.458 e. The average molecular weight is 323 g/mol. The number of ether oxygens (including phenoxy) is 1. The molecule has 112 valence electrons. The van der Waals surface area contributed by atoms with E-state index in [-0.39, 0.29) is 6.23 Å². The Bertz CT molecular complexity index is 314. The summed E-state index contributed by atoms with van der Waals surface area (Å²) in [6.45, 7) is 13.5. The van der Waals surface area contributed by atoms with Crippen molar-refractivity contribution in [3.63, 3.8) is 0 Å². The van der Waals surface area contributed by atoms with E-state index in [2.05, 4.69) is 0 Å². The molecule has 0 rings (SSSR count). The second-order valence-corrected chi connectivity index (χ2v) is 18.0. The number of hydrogen-bond donors (Lipinski definition) is 1. The Balaban J connectivity index is 4.81. The normalized spacial score (nSPS) is 13.9. The third-order valence-electron chi connectivity index (χ3n) is 1.63. The number of allylic oxidation sites excluding steroid dienone is 1. The van der Waals surface area contributed by atoms with E-state index in [0.717, 1.165) is 0 Å². The van der Waals surface area contributed by atoms with Gasteiger partial charge in [-0.3, -0.25) is 0 Å². The van der Waals surface area contributed by atoms with Gasteiger partial charge in [-0.2, -0.15) is 0 Å². The second kappa shape index (κ2) is 6.95. The highest BCUT2D eigenvalue weighted by Crippen LogP contribution is 2.18. The molecule has 0 saturated carbocycles. The average Bonchev–Trinajstić information content (AvgIpc) is 2.09. The maximum Gasteiger partial charge on any atom is 0.517 e. The van der Waals surface area contributed by atoms with E-state index in [4.69, 9.17) is 13.0 Å². The maximum atomic E-state index is 11.3. The molecule has 0 aliphatic carbocycles. The minimum atomic E-state index is -3.47. The van der Waals surface area contributed by atoms with Crippen LogP contribution in [0.3, 0.4) is 0 Å². The van der Waals surface area contributed by atoms with Crippen molar-refractivity contribution in [2.24, 2.45) is 0 Å². The standard InChI is InChI=1S/C11H26O5Si3/c1-8-9-11(12)14-10-19(13,15-17(2,3)4)16-18(5,6)7/h8-9,13H,10H2,1-7H3. The van der Waals surface area contributed by atoms with Gasteiger partial charge in [-0.15, -0.1) is 0 Å². The molecule has 0 unspecified atom stereocenters. The van der Waals surface area contributed by atoms with Gasteiger partial charge in [-0.1, -0.05) is 6.08 Å². The highest BCUT2D eigenvalue weighted by atomic mass is 28.5. The molecular weight excluding hydrogens is 296 g/mol. The molecule has 8 heteroatoms. The summed E-state index contributed by atoms with van der Waals surface area (Å²) >= 11 is 0. The minimum absolute atomic E-state index is 0.190. The number of hydrogen-bond acceptors (Lipinski definition) is 5. The van der Waals surface area contributed by atoms with E-state index < -0.39 is 31.4 Å². The molecule has 0 aromatic heterocycles. The fourth-order valence-corrected chi connectivity index (χ4v) is 10.4. The Labute approximate surface area is 119 Å². The summed E-state index contributed by atoms with van der Waals surface area (Å²) in [5.74, 6) is -0.494. The zero-order chi connectivity index (χ0) is 15.3. The SMILES string of the molecule is CC=CC(=O)OC[Si](O)(O[Si](C)(C)C)O[Si](C)(C)C. The number of carbonyl (C=O) groups is 1. The predicted molar refractivity (Wildman–Crippen MR) is 82.6 cm³/mol. The van der Waals surface area contributed by atoms with Gasteiger partial charge in [0.25, 0.3) is 0 Å². The van der Waals surface area contributed by atoms with Crippen LogP contribution in [0.5, 0.6) is 0 Å². The summed E-state index contributed by atoms with van der Waals surface area (Å²) < 4.78 is 16.6. The number of carbonyl (C=O) groups excluding carboxylic acids is 1. The Morgan fingerprint density at radius 2 is 1.47 bits per heavy atom. The lowest BCUT2D eigenvalue weighted by Crippen LogP contribution is -2.58. The summed E-state index contributed by atoms with van der Waals surface area (Å²) in [7, 11) is -7.43. The van der Waals surface area contributed by atoms with Gasteiger partial charge in [0.1, 0.15) is 0 Å². The molecule has 0 aliphatic rings. The van der Waals surface area contributed by atoms with Crippen molar-refractivity contribution in [1.82, 2.24) is 0 Å². The fourth-order valence-electron chi connectivity index (χ4n) is 1.38. The molecule has 1 N–H and O–H groups in total. The van der Waals surface area contributed by atoms with Gasteiger partial charge < -0.3 is 17.8 Å². The highest BCUT2D eigenvalue weighted by molar-refractivity contribution is 6.85. The molecule has 19 heavy (non-hydrogen) atoms.